The summed E-state index contributed by atoms with van der Waals surface area (Å²) < 4.78 is 0. The second kappa shape index (κ2) is 13.8. The average Bonchev–Trinajstić information content (AvgIpc) is 3.31. The molecule has 1 saturated carbocycles. The Kier molecular flexibility index (Phi) is 11.8. The molecule has 0 spiro atoms. The predicted octanol–water partition coefficient (Wildman–Crippen LogP) is 6.46. The van der Waals surface area contributed by atoms with Gasteiger partial charge in [-0.1, -0.05) is 74.8 Å². The number of carboxylic acid groups (broad SMARTS) is 1. The van der Waals surface area contributed by atoms with Gasteiger partial charge in [-0.25, -0.2) is 0 Å². The lowest BCUT2D eigenvalue weighted by Crippen LogP contribution is -1.93. The molecular weight excluding hydrogens is 296 g/mol. The van der Waals surface area contributed by atoms with Crippen molar-refractivity contribution in [2.45, 2.75) is 71.1 Å². The monoisotopic (exact) mass is 330 g/mol. The summed E-state index contributed by atoms with van der Waals surface area (Å²) in [5.74, 6) is 0.832. The molecular formula is C22H34O2. The van der Waals surface area contributed by atoms with Crippen LogP contribution in [0.15, 0.2) is 48.6 Å². The van der Waals surface area contributed by atoms with E-state index in [2.05, 4.69) is 55.5 Å². The van der Waals surface area contributed by atoms with Crippen molar-refractivity contribution in [2.24, 2.45) is 11.8 Å². The van der Waals surface area contributed by atoms with Crippen molar-refractivity contribution in [1.82, 2.24) is 0 Å². The lowest BCUT2D eigenvalue weighted by Gasteiger charge is -1.96. The molecule has 1 aliphatic carbocycles. The number of aliphatic carboxylic acids is 1. The molecule has 0 aliphatic heterocycles. The van der Waals surface area contributed by atoms with Crippen LogP contribution in [-0.4, -0.2) is 11.1 Å². The first-order valence-electron chi connectivity index (χ1n) is 9.60. The molecule has 0 bridgehead atoms. The van der Waals surface area contributed by atoms with Gasteiger partial charge in [0.25, 0.3) is 0 Å². The molecule has 1 aliphatic rings. The number of carboxylic acids is 1. The van der Waals surface area contributed by atoms with Crippen molar-refractivity contribution in [1.29, 1.82) is 0 Å². The minimum Gasteiger partial charge on any atom is -0.481 e. The summed E-state index contributed by atoms with van der Waals surface area (Å²) in [5, 5.41) is 8.60. The fourth-order valence-electron chi connectivity index (χ4n) is 2.82. The van der Waals surface area contributed by atoms with E-state index < -0.39 is 5.97 Å². The van der Waals surface area contributed by atoms with Crippen LogP contribution >= 0.6 is 0 Å². The van der Waals surface area contributed by atoms with Gasteiger partial charge in [-0.15, -0.1) is 0 Å². The summed E-state index contributed by atoms with van der Waals surface area (Å²) in [6, 6.07) is 0. The molecule has 2 heteroatoms. The Morgan fingerprint density at radius 1 is 1.00 bits per heavy atom. The molecule has 24 heavy (non-hydrogen) atoms. The van der Waals surface area contributed by atoms with E-state index in [0.717, 1.165) is 31.1 Å². The highest BCUT2D eigenvalue weighted by Gasteiger charge is 2.33. The number of hydrogen-bond donors (Lipinski definition) is 1. The van der Waals surface area contributed by atoms with Crippen molar-refractivity contribution < 1.29 is 9.90 Å². The van der Waals surface area contributed by atoms with E-state index >= 15 is 0 Å². The summed E-state index contributed by atoms with van der Waals surface area (Å²) >= 11 is 0. The lowest BCUT2D eigenvalue weighted by molar-refractivity contribution is -0.137. The van der Waals surface area contributed by atoms with Crippen molar-refractivity contribution in [3.05, 3.63) is 48.6 Å². The van der Waals surface area contributed by atoms with E-state index in [9.17, 15) is 4.79 Å². The highest BCUT2D eigenvalue weighted by molar-refractivity contribution is 5.66. The second-order valence-corrected chi connectivity index (χ2v) is 6.70. The highest BCUT2D eigenvalue weighted by Crippen LogP contribution is 2.43. The van der Waals surface area contributed by atoms with Gasteiger partial charge in [0.05, 0.1) is 0 Å². The normalized spacial score (nSPS) is 20.9. The Morgan fingerprint density at radius 3 is 2.62 bits per heavy atom. The largest absolute Gasteiger partial charge is 0.481 e. The molecule has 134 valence electrons. The molecule has 0 aromatic rings. The van der Waals surface area contributed by atoms with Crippen LogP contribution in [0.3, 0.4) is 0 Å². The Hall–Kier alpha value is -1.57. The SMILES string of the molecule is CCCCC/C=C\C\C=C/C=C/C=C/C1CC1CCCCC(=O)O. The molecule has 2 unspecified atom stereocenters. The summed E-state index contributed by atoms with van der Waals surface area (Å²) in [4.78, 5) is 10.4. The molecule has 1 N–H and O–H groups in total. The third-order valence-corrected chi connectivity index (χ3v) is 4.43. The van der Waals surface area contributed by atoms with Crippen LogP contribution < -0.4 is 0 Å². The summed E-state index contributed by atoms with van der Waals surface area (Å²) in [6.45, 7) is 2.24. The maximum Gasteiger partial charge on any atom is 0.303 e. The molecule has 1 fully saturated rings. The molecule has 2 nitrogen and oxygen atoms in total. The summed E-state index contributed by atoms with van der Waals surface area (Å²) in [5.41, 5.74) is 0. The zero-order valence-corrected chi connectivity index (χ0v) is 15.2. The van der Waals surface area contributed by atoms with Crippen LogP contribution in [-0.2, 0) is 4.79 Å². The Balaban J connectivity index is 1.98. The third-order valence-electron chi connectivity index (χ3n) is 4.43. The number of rotatable bonds is 14. The Bertz CT molecular complexity index is 443. The van der Waals surface area contributed by atoms with Gasteiger partial charge >= 0.3 is 5.97 Å². The number of carbonyl (C=O) groups is 1. The van der Waals surface area contributed by atoms with Crippen LogP contribution in [0.1, 0.15) is 71.1 Å². The van der Waals surface area contributed by atoms with Crippen LogP contribution in [0, 0.1) is 11.8 Å². The number of unbranched alkanes of at least 4 members (excludes halogenated alkanes) is 4. The molecule has 0 saturated heterocycles. The minimum absolute atomic E-state index is 0.316. The predicted molar refractivity (Wildman–Crippen MR) is 103 cm³/mol. The van der Waals surface area contributed by atoms with Crippen LogP contribution in [0.4, 0.5) is 0 Å². The average molecular weight is 331 g/mol. The van der Waals surface area contributed by atoms with Crippen LogP contribution in [0.2, 0.25) is 0 Å². The van der Waals surface area contributed by atoms with E-state index in [4.69, 9.17) is 5.11 Å². The van der Waals surface area contributed by atoms with E-state index in [0.29, 0.717) is 6.42 Å². The van der Waals surface area contributed by atoms with E-state index in [-0.39, 0.29) is 0 Å². The van der Waals surface area contributed by atoms with Gasteiger partial charge in [0.15, 0.2) is 0 Å². The second-order valence-electron chi connectivity index (χ2n) is 6.70. The Morgan fingerprint density at radius 2 is 1.83 bits per heavy atom. The highest BCUT2D eigenvalue weighted by atomic mass is 16.4. The molecule has 0 amide bonds. The van der Waals surface area contributed by atoms with Crippen molar-refractivity contribution in [3.8, 4) is 0 Å². The van der Waals surface area contributed by atoms with Crippen molar-refractivity contribution >= 4 is 5.97 Å². The number of allylic oxidation sites excluding steroid dienone is 8. The standard InChI is InChI=1S/C22H34O2/c1-2-3-4-5-6-7-8-9-10-11-12-13-16-20-19-21(20)17-14-15-18-22(23)24/h6-7,9-13,16,20-21H,2-5,8,14-15,17-19H2,1H3,(H,23,24)/b7-6-,10-9-,12-11+,16-13+. The van der Waals surface area contributed by atoms with Gasteiger partial charge in [-0.3, -0.25) is 4.79 Å². The van der Waals surface area contributed by atoms with Gasteiger partial charge in [0.1, 0.15) is 0 Å². The maximum atomic E-state index is 10.4. The fourth-order valence-corrected chi connectivity index (χ4v) is 2.82. The minimum atomic E-state index is -0.674. The van der Waals surface area contributed by atoms with Gasteiger partial charge in [-0.05, 0) is 50.4 Å². The van der Waals surface area contributed by atoms with Gasteiger partial charge in [0.2, 0.25) is 0 Å². The quantitative estimate of drug-likeness (QED) is 0.225. The summed E-state index contributed by atoms with van der Waals surface area (Å²) in [6.07, 6.45) is 28.2. The van der Waals surface area contributed by atoms with E-state index in [1.807, 2.05) is 0 Å². The first-order chi connectivity index (χ1) is 11.7. The first-order valence-corrected chi connectivity index (χ1v) is 9.60. The van der Waals surface area contributed by atoms with Crippen LogP contribution in [0.5, 0.6) is 0 Å². The summed E-state index contributed by atoms with van der Waals surface area (Å²) in [7, 11) is 0. The van der Waals surface area contributed by atoms with Gasteiger partial charge < -0.3 is 5.11 Å². The maximum absolute atomic E-state index is 10.4. The van der Waals surface area contributed by atoms with Crippen molar-refractivity contribution in [2.75, 3.05) is 0 Å². The lowest BCUT2D eigenvalue weighted by atomic mass is 10.1. The smallest absolute Gasteiger partial charge is 0.303 e. The molecule has 0 aromatic heterocycles. The van der Waals surface area contributed by atoms with Gasteiger partial charge in [-0.2, -0.15) is 0 Å². The van der Waals surface area contributed by atoms with Crippen LogP contribution in [0.25, 0.3) is 0 Å². The van der Waals surface area contributed by atoms with Gasteiger partial charge in [0, 0.05) is 6.42 Å². The fraction of sp³-hybridized carbons (Fsp3) is 0.591. The number of hydrogen-bond acceptors (Lipinski definition) is 1. The zero-order valence-electron chi connectivity index (χ0n) is 15.2. The Labute approximate surface area is 148 Å². The third kappa shape index (κ3) is 11.9. The first kappa shape index (κ1) is 20.5. The molecule has 0 aromatic carbocycles. The van der Waals surface area contributed by atoms with E-state index in [1.165, 1.54) is 38.5 Å². The topological polar surface area (TPSA) is 37.3 Å². The zero-order chi connectivity index (χ0) is 17.5. The van der Waals surface area contributed by atoms with E-state index in [1.54, 1.807) is 0 Å². The molecule has 0 heterocycles. The molecule has 1 rings (SSSR count). The molecule has 0 radical (unpaired) electrons. The van der Waals surface area contributed by atoms with Crippen molar-refractivity contribution in [3.63, 3.8) is 0 Å². The molecule has 2 atom stereocenters.